The molecule has 7 nitrogen and oxygen atoms in total. The Kier molecular flexibility index (Phi) is 5.16. The number of halogens is 1. The minimum absolute atomic E-state index is 0.110. The first kappa shape index (κ1) is 15.7. The fraction of sp³-hybridized carbons (Fsp3) is 0.385. The van der Waals surface area contributed by atoms with E-state index in [1.54, 1.807) is 6.07 Å². The van der Waals surface area contributed by atoms with E-state index in [4.69, 9.17) is 5.11 Å². The Bertz CT molecular complexity index is 544. The Hall–Kier alpha value is -1.64. The maximum absolute atomic E-state index is 11.9. The van der Waals surface area contributed by atoms with E-state index in [2.05, 4.69) is 31.6 Å². The van der Waals surface area contributed by atoms with Crippen molar-refractivity contribution in [1.29, 1.82) is 0 Å². The number of hydrazine groups is 1. The van der Waals surface area contributed by atoms with Gasteiger partial charge in [-0.2, -0.15) is 0 Å². The van der Waals surface area contributed by atoms with Gasteiger partial charge in [0.1, 0.15) is 0 Å². The minimum Gasteiger partial charge on any atom is -0.478 e. The van der Waals surface area contributed by atoms with Gasteiger partial charge in [0.05, 0.1) is 5.56 Å². The van der Waals surface area contributed by atoms with Crippen LogP contribution in [0.1, 0.15) is 10.4 Å². The third-order valence-electron chi connectivity index (χ3n) is 3.17. The van der Waals surface area contributed by atoms with E-state index in [9.17, 15) is 9.59 Å². The highest BCUT2D eigenvalue weighted by molar-refractivity contribution is 9.10. The zero-order valence-corrected chi connectivity index (χ0v) is 13.2. The molecule has 1 aliphatic rings. The molecule has 1 saturated heterocycles. The average molecular weight is 357 g/mol. The Balaban J connectivity index is 1.95. The number of nitrogens with zero attached hydrogens (tertiary/aromatic N) is 2. The predicted molar refractivity (Wildman–Crippen MR) is 82.3 cm³/mol. The number of aromatic carboxylic acids is 1. The number of urea groups is 1. The number of carboxylic acids is 1. The number of hydrogen-bond donors (Lipinski definition) is 3. The van der Waals surface area contributed by atoms with Crippen LogP contribution < -0.4 is 10.7 Å². The summed E-state index contributed by atoms with van der Waals surface area (Å²) in [7, 11) is 2.03. The SMILES string of the molecule is CN1CCN(NC(=O)Nc2cc(Br)cc(C(=O)O)c2)CC1. The smallest absolute Gasteiger partial charge is 0.335 e. The predicted octanol–water partition coefficient (Wildman–Crippen LogP) is 1.43. The van der Waals surface area contributed by atoms with Gasteiger partial charge in [-0.1, -0.05) is 15.9 Å². The number of carbonyl (C=O) groups excluding carboxylic acids is 1. The molecule has 0 spiro atoms. The van der Waals surface area contributed by atoms with E-state index in [1.165, 1.54) is 12.1 Å². The highest BCUT2D eigenvalue weighted by Crippen LogP contribution is 2.19. The lowest BCUT2D eigenvalue weighted by molar-refractivity contribution is 0.0696. The highest BCUT2D eigenvalue weighted by Gasteiger charge is 2.16. The average Bonchev–Trinajstić information content (AvgIpc) is 2.40. The number of likely N-dealkylation sites (N-methyl/N-ethyl adjacent to an activating group) is 1. The number of nitrogens with one attached hydrogen (secondary N) is 2. The van der Waals surface area contributed by atoms with Crippen LogP contribution in [0.2, 0.25) is 0 Å². The summed E-state index contributed by atoms with van der Waals surface area (Å²) in [5.41, 5.74) is 3.28. The van der Waals surface area contributed by atoms with Crippen molar-refractivity contribution in [2.75, 3.05) is 38.5 Å². The quantitative estimate of drug-likeness (QED) is 0.762. The molecular weight excluding hydrogens is 340 g/mol. The van der Waals surface area contributed by atoms with Crippen LogP contribution in [-0.2, 0) is 0 Å². The fourth-order valence-corrected chi connectivity index (χ4v) is 2.50. The highest BCUT2D eigenvalue weighted by atomic mass is 79.9. The Morgan fingerprint density at radius 3 is 2.48 bits per heavy atom. The Labute approximate surface area is 131 Å². The molecule has 1 heterocycles. The number of hydrogen-bond acceptors (Lipinski definition) is 4. The first-order valence-electron chi connectivity index (χ1n) is 6.49. The molecule has 0 radical (unpaired) electrons. The molecule has 0 aliphatic carbocycles. The minimum atomic E-state index is -1.04. The van der Waals surface area contributed by atoms with Crippen molar-refractivity contribution in [1.82, 2.24) is 15.3 Å². The molecule has 0 unspecified atom stereocenters. The van der Waals surface area contributed by atoms with Gasteiger partial charge in [-0.15, -0.1) is 0 Å². The lowest BCUT2D eigenvalue weighted by Crippen LogP contribution is -2.53. The number of carboxylic acid groups (broad SMARTS) is 1. The van der Waals surface area contributed by atoms with Gasteiger partial charge < -0.3 is 15.3 Å². The van der Waals surface area contributed by atoms with Crippen molar-refractivity contribution in [2.24, 2.45) is 0 Å². The van der Waals surface area contributed by atoms with Crippen molar-refractivity contribution in [3.8, 4) is 0 Å². The number of amides is 2. The lowest BCUT2D eigenvalue weighted by Gasteiger charge is -2.32. The molecule has 1 aliphatic heterocycles. The van der Waals surface area contributed by atoms with E-state index < -0.39 is 5.97 Å². The normalized spacial score (nSPS) is 16.5. The third-order valence-corrected chi connectivity index (χ3v) is 3.62. The van der Waals surface area contributed by atoms with E-state index >= 15 is 0 Å². The molecule has 3 N–H and O–H groups in total. The molecule has 21 heavy (non-hydrogen) atoms. The zero-order chi connectivity index (χ0) is 15.4. The summed E-state index contributed by atoms with van der Waals surface area (Å²) in [5, 5.41) is 13.5. The van der Waals surface area contributed by atoms with Crippen molar-refractivity contribution in [3.05, 3.63) is 28.2 Å². The second-order valence-corrected chi connectivity index (χ2v) is 5.81. The van der Waals surface area contributed by atoms with Crippen LogP contribution in [0.3, 0.4) is 0 Å². The van der Waals surface area contributed by atoms with Gasteiger partial charge in [0, 0.05) is 36.3 Å². The van der Waals surface area contributed by atoms with E-state index in [0.717, 1.165) is 26.2 Å². The van der Waals surface area contributed by atoms with Gasteiger partial charge in [-0.05, 0) is 25.2 Å². The van der Waals surface area contributed by atoms with Gasteiger partial charge in [0.15, 0.2) is 0 Å². The summed E-state index contributed by atoms with van der Waals surface area (Å²) in [6.45, 7) is 3.28. The van der Waals surface area contributed by atoms with Gasteiger partial charge >= 0.3 is 12.0 Å². The van der Waals surface area contributed by atoms with Crippen LogP contribution in [0.5, 0.6) is 0 Å². The zero-order valence-electron chi connectivity index (χ0n) is 11.6. The van der Waals surface area contributed by atoms with Crippen LogP contribution in [0, 0.1) is 0 Å². The summed E-state index contributed by atoms with van der Waals surface area (Å²) >= 11 is 3.23. The Morgan fingerprint density at radius 2 is 1.86 bits per heavy atom. The number of rotatable bonds is 3. The molecule has 1 fully saturated rings. The van der Waals surface area contributed by atoms with E-state index in [0.29, 0.717) is 10.2 Å². The van der Waals surface area contributed by atoms with Crippen molar-refractivity contribution >= 4 is 33.6 Å². The summed E-state index contributed by atoms with van der Waals surface area (Å²) in [5.74, 6) is -1.04. The van der Waals surface area contributed by atoms with Crippen molar-refractivity contribution in [2.45, 2.75) is 0 Å². The molecule has 8 heteroatoms. The number of anilines is 1. The summed E-state index contributed by atoms with van der Waals surface area (Å²) in [6, 6.07) is 4.16. The summed E-state index contributed by atoms with van der Waals surface area (Å²) in [6.07, 6.45) is 0. The van der Waals surface area contributed by atoms with Crippen LogP contribution in [0.4, 0.5) is 10.5 Å². The second-order valence-electron chi connectivity index (χ2n) is 4.89. The molecule has 0 aromatic heterocycles. The molecule has 2 rings (SSSR count). The van der Waals surface area contributed by atoms with Gasteiger partial charge in [-0.25, -0.2) is 14.6 Å². The van der Waals surface area contributed by atoms with E-state index in [-0.39, 0.29) is 11.6 Å². The number of piperazine rings is 1. The topological polar surface area (TPSA) is 84.9 Å². The van der Waals surface area contributed by atoms with Crippen molar-refractivity contribution < 1.29 is 14.7 Å². The molecule has 114 valence electrons. The largest absolute Gasteiger partial charge is 0.478 e. The van der Waals surface area contributed by atoms with Crippen molar-refractivity contribution in [3.63, 3.8) is 0 Å². The van der Waals surface area contributed by atoms with Crippen LogP contribution >= 0.6 is 15.9 Å². The fourth-order valence-electron chi connectivity index (χ4n) is 2.01. The van der Waals surface area contributed by atoms with E-state index in [1.807, 2.05) is 12.1 Å². The monoisotopic (exact) mass is 356 g/mol. The maximum atomic E-state index is 11.9. The molecular formula is C13H17BrN4O3. The molecule has 1 aromatic carbocycles. The number of benzene rings is 1. The number of carbonyl (C=O) groups is 2. The lowest BCUT2D eigenvalue weighted by atomic mass is 10.2. The van der Waals surface area contributed by atoms with Crippen LogP contribution in [0.15, 0.2) is 22.7 Å². The molecule has 1 aromatic rings. The summed E-state index contributed by atoms with van der Waals surface area (Å²) in [4.78, 5) is 25.1. The summed E-state index contributed by atoms with van der Waals surface area (Å²) < 4.78 is 0.595. The standard InChI is InChI=1S/C13H17BrN4O3/c1-17-2-4-18(5-3-17)16-13(21)15-11-7-9(12(19)20)6-10(14)8-11/h6-8H,2-5H2,1H3,(H,19,20)(H2,15,16,21). The second kappa shape index (κ2) is 6.88. The molecule has 0 saturated carbocycles. The molecule has 0 bridgehead atoms. The first-order valence-corrected chi connectivity index (χ1v) is 7.28. The van der Waals surface area contributed by atoms with Gasteiger partial charge in [0.2, 0.25) is 0 Å². The van der Waals surface area contributed by atoms with Crippen LogP contribution in [-0.4, -0.2) is 60.2 Å². The molecule has 0 atom stereocenters. The Morgan fingerprint density at radius 1 is 1.19 bits per heavy atom. The first-order chi connectivity index (χ1) is 9.94. The maximum Gasteiger partial charge on any atom is 0.335 e. The van der Waals surface area contributed by atoms with Crippen LogP contribution in [0.25, 0.3) is 0 Å². The third kappa shape index (κ3) is 4.69. The van der Waals surface area contributed by atoms with Gasteiger partial charge in [-0.3, -0.25) is 5.43 Å². The van der Waals surface area contributed by atoms with Gasteiger partial charge in [0.25, 0.3) is 0 Å². The molecule has 2 amide bonds.